The summed E-state index contributed by atoms with van der Waals surface area (Å²) in [5.41, 5.74) is 0.583. The van der Waals surface area contributed by atoms with E-state index in [1.54, 1.807) is 24.3 Å². The molecule has 3 rings (SSSR count). The minimum absolute atomic E-state index is 0.169. The maximum absolute atomic E-state index is 13.7. The van der Waals surface area contributed by atoms with Crippen LogP contribution in [0.25, 0.3) is 11.0 Å². The fourth-order valence-electron chi connectivity index (χ4n) is 2.00. The number of anilines is 1. The van der Waals surface area contributed by atoms with Gasteiger partial charge in [0.15, 0.2) is 5.58 Å². The Hall–Kier alpha value is -2.12. The van der Waals surface area contributed by atoms with Gasteiger partial charge in [-0.1, -0.05) is 28.9 Å². The lowest BCUT2D eigenvalue weighted by molar-refractivity contribution is 0.448. The number of hydrogen-bond donors (Lipinski definition) is 1. The summed E-state index contributed by atoms with van der Waals surface area (Å²) in [6.45, 7) is 0. The minimum atomic E-state index is -3.84. The lowest BCUT2D eigenvalue weighted by Gasteiger charge is -2.08. The van der Waals surface area contributed by atoms with E-state index in [0.717, 1.165) is 6.07 Å². The second-order valence-electron chi connectivity index (χ2n) is 4.61. The topological polar surface area (TPSA) is 72.2 Å². The average molecular weight is 341 g/mol. The summed E-state index contributed by atoms with van der Waals surface area (Å²) in [6, 6.07) is 10.6. The molecule has 0 aliphatic heterocycles. The maximum atomic E-state index is 13.7. The van der Waals surface area contributed by atoms with Gasteiger partial charge >= 0.3 is 0 Å². The van der Waals surface area contributed by atoms with Crippen molar-refractivity contribution in [2.24, 2.45) is 0 Å². The highest BCUT2D eigenvalue weighted by molar-refractivity contribution is 7.91. The first-order valence-electron chi connectivity index (χ1n) is 6.23. The van der Waals surface area contributed by atoms with Gasteiger partial charge in [0, 0.05) is 10.4 Å². The zero-order chi connectivity index (χ0) is 15.7. The fraction of sp³-hybridized carbons (Fsp3) is 0.0714. The van der Waals surface area contributed by atoms with E-state index in [-0.39, 0.29) is 16.4 Å². The van der Waals surface area contributed by atoms with Crippen LogP contribution in [0.2, 0.25) is 5.02 Å². The molecule has 114 valence electrons. The molecule has 3 aromatic rings. The van der Waals surface area contributed by atoms with Crippen molar-refractivity contribution in [2.75, 3.05) is 4.72 Å². The van der Waals surface area contributed by atoms with Crippen LogP contribution in [0.1, 0.15) is 5.69 Å². The lowest BCUT2D eigenvalue weighted by Crippen LogP contribution is -2.16. The smallest absolute Gasteiger partial charge is 0.238 e. The van der Waals surface area contributed by atoms with Crippen LogP contribution in [0.5, 0.6) is 0 Å². The first kappa shape index (κ1) is 14.8. The second-order valence-corrected chi connectivity index (χ2v) is 6.77. The molecular formula is C14H10ClFN2O3S. The van der Waals surface area contributed by atoms with Gasteiger partial charge in [0.25, 0.3) is 0 Å². The van der Waals surface area contributed by atoms with Crippen molar-refractivity contribution in [3.8, 4) is 0 Å². The van der Waals surface area contributed by atoms with Crippen LogP contribution >= 0.6 is 11.6 Å². The number of rotatable bonds is 4. The number of para-hydroxylation sites is 1. The molecule has 1 aromatic heterocycles. The molecule has 0 spiro atoms. The Bertz CT molecular complexity index is 940. The number of sulfonamides is 1. The third-order valence-corrected chi connectivity index (χ3v) is 4.39. The second kappa shape index (κ2) is 5.58. The summed E-state index contributed by atoms with van der Waals surface area (Å²) < 4.78 is 45.2. The Kier molecular flexibility index (Phi) is 3.76. The van der Waals surface area contributed by atoms with Crippen LogP contribution in [0.3, 0.4) is 0 Å². The Morgan fingerprint density at radius 2 is 2.00 bits per heavy atom. The van der Waals surface area contributed by atoms with Gasteiger partial charge in [-0.25, -0.2) is 12.8 Å². The molecule has 0 radical (unpaired) electrons. The van der Waals surface area contributed by atoms with Crippen molar-refractivity contribution >= 4 is 38.3 Å². The van der Waals surface area contributed by atoms with Crippen LogP contribution in [0, 0.1) is 5.82 Å². The van der Waals surface area contributed by atoms with E-state index >= 15 is 0 Å². The van der Waals surface area contributed by atoms with E-state index in [4.69, 9.17) is 16.1 Å². The van der Waals surface area contributed by atoms with Crippen LogP contribution in [-0.2, 0) is 15.8 Å². The first-order valence-corrected chi connectivity index (χ1v) is 8.26. The predicted molar refractivity (Wildman–Crippen MR) is 81.7 cm³/mol. The quantitative estimate of drug-likeness (QED) is 0.788. The highest BCUT2D eigenvalue weighted by Crippen LogP contribution is 2.23. The lowest BCUT2D eigenvalue weighted by atomic mass is 10.2. The molecule has 1 heterocycles. The van der Waals surface area contributed by atoms with Gasteiger partial charge in [-0.2, -0.15) is 0 Å². The Morgan fingerprint density at radius 1 is 1.23 bits per heavy atom. The molecule has 0 aliphatic carbocycles. The molecule has 1 N–H and O–H groups in total. The van der Waals surface area contributed by atoms with Crippen LogP contribution < -0.4 is 4.72 Å². The molecule has 22 heavy (non-hydrogen) atoms. The molecule has 0 aliphatic rings. The normalized spacial score (nSPS) is 11.7. The molecule has 0 atom stereocenters. The standard InChI is InChI=1S/C14H10ClFN2O3S/c15-9-5-6-12(11(16)7-9)18-22(19,20)8-13-10-3-1-2-4-14(10)21-17-13/h1-7,18H,8H2. The number of hydrogen-bond acceptors (Lipinski definition) is 4. The monoisotopic (exact) mass is 340 g/mol. The van der Waals surface area contributed by atoms with Crippen molar-refractivity contribution in [1.29, 1.82) is 0 Å². The van der Waals surface area contributed by atoms with Crippen molar-refractivity contribution in [3.63, 3.8) is 0 Å². The van der Waals surface area contributed by atoms with Crippen LogP contribution in [-0.4, -0.2) is 13.6 Å². The number of halogens is 2. The summed E-state index contributed by atoms with van der Waals surface area (Å²) >= 11 is 5.63. The van der Waals surface area contributed by atoms with E-state index in [1.165, 1.54) is 12.1 Å². The molecule has 2 aromatic carbocycles. The van der Waals surface area contributed by atoms with E-state index < -0.39 is 21.6 Å². The summed E-state index contributed by atoms with van der Waals surface area (Å²) in [6.07, 6.45) is 0. The molecule has 0 unspecified atom stereocenters. The van der Waals surface area contributed by atoms with Crippen molar-refractivity contribution in [3.05, 3.63) is 59.0 Å². The van der Waals surface area contributed by atoms with Gasteiger partial charge in [0.05, 0.1) is 5.69 Å². The number of fused-ring (bicyclic) bond motifs is 1. The Balaban J connectivity index is 1.87. The molecule has 5 nitrogen and oxygen atoms in total. The predicted octanol–water partition coefficient (Wildman–Crippen LogP) is 3.56. The number of benzene rings is 2. The van der Waals surface area contributed by atoms with Gasteiger partial charge in [-0.05, 0) is 30.3 Å². The van der Waals surface area contributed by atoms with E-state index in [0.29, 0.717) is 11.0 Å². The van der Waals surface area contributed by atoms with Crippen LogP contribution in [0.15, 0.2) is 47.0 Å². The summed E-state index contributed by atoms with van der Waals surface area (Å²) in [5, 5.41) is 4.53. The van der Waals surface area contributed by atoms with Gasteiger partial charge in [0.2, 0.25) is 10.0 Å². The SMILES string of the molecule is O=S(=O)(Cc1noc2ccccc12)Nc1ccc(Cl)cc1F. The molecule has 0 amide bonds. The third kappa shape index (κ3) is 3.05. The van der Waals surface area contributed by atoms with E-state index in [1.807, 2.05) is 0 Å². The number of aromatic nitrogens is 1. The number of nitrogens with one attached hydrogen (secondary N) is 1. The molecular weight excluding hydrogens is 331 g/mol. The van der Waals surface area contributed by atoms with E-state index in [9.17, 15) is 12.8 Å². The number of nitrogens with zero attached hydrogens (tertiary/aromatic N) is 1. The third-order valence-electron chi connectivity index (χ3n) is 2.98. The van der Waals surface area contributed by atoms with Crippen molar-refractivity contribution in [1.82, 2.24) is 5.16 Å². The molecule has 0 saturated carbocycles. The van der Waals surface area contributed by atoms with Crippen molar-refractivity contribution < 1.29 is 17.3 Å². The highest BCUT2D eigenvalue weighted by Gasteiger charge is 2.19. The molecule has 0 saturated heterocycles. The van der Waals surface area contributed by atoms with Crippen LogP contribution in [0.4, 0.5) is 10.1 Å². The molecule has 8 heteroatoms. The fourth-order valence-corrected chi connectivity index (χ4v) is 3.30. The van der Waals surface area contributed by atoms with Gasteiger partial charge < -0.3 is 4.52 Å². The molecule has 0 fully saturated rings. The zero-order valence-corrected chi connectivity index (χ0v) is 12.7. The molecule has 0 bridgehead atoms. The first-order chi connectivity index (χ1) is 10.4. The Morgan fingerprint density at radius 3 is 2.77 bits per heavy atom. The largest absolute Gasteiger partial charge is 0.356 e. The summed E-state index contributed by atoms with van der Waals surface area (Å²) in [7, 11) is -3.84. The van der Waals surface area contributed by atoms with E-state index in [2.05, 4.69) is 9.88 Å². The van der Waals surface area contributed by atoms with Gasteiger partial charge in [0.1, 0.15) is 17.3 Å². The Labute approximate surface area is 130 Å². The zero-order valence-electron chi connectivity index (χ0n) is 11.1. The summed E-state index contributed by atoms with van der Waals surface area (Å²) in [4.78, 5) is 0. The van der Waals surface area contributed by atoms with Gasteiger partial charge in [-0.15, -0.1) is 0 Å². The highest BCUT2D eigenvalue weighted by atomic mass is 35.5. The minimum Gasteiger partial charge on any atom is -0.356 e. The van der Waals surface area contributed by atoms with Crippen molar-refractivity contribution in [2.45, 2.75) is 5.75 Å². The van der Waals surface area contributed by atoms with Gasteiger partial charge in [-0.3, -0.25) is 4.72 Å². The summed E-state index contributed by atoms with van der Waals surface area (Å²) in [5.74, 6) is -1.17. The average Bonchev–Trinajstić information content (AvgIpc) is 2.85. The maximum Gasteiger partial charge on any atom is 0.238 e.